The summed E-state index contributed by atoms with van der Waals surface area (Å²) in [7, 11) is 0. The first-order valence-corrected chi connectivity index (χ1v) is 21.5. The number of ether oxygens (including phenoxy) is 6. The fourth-order valence-corrected chi connectivity index (χ4v) is 7.42. The van der Waals surface area contributed by atoms with Crippen LogP contribution in [-0.2, 0) is 37.6 Å². The second-order valence-corrected chi connectivity index (χ2v) is 15.3. The van der Waals surface area contributed by atoms with E-state index in [1.165, 1.54) is 38.5 Å². The van der Waals surface area contributed by atoms with E-state index >= 15 is 0 Å². The van der Waals surface area contributed by atoms with Crippen molar-refractivity contribution in [3.05, 3.63) is 185 Å². The molecule has 0 fully saturated rings. The van der Waals surface area contributed by atoms with Gasteiger partial charge in [-0.3, -0.25) is 0 Å². The number of rotatable bonds is 23. The predicted octanol–water partition coefficient (Wildman–Crippen LogP) is 13.2. The van der Waals surface area contributed by atoms with Crippen LogP contribution in [0.25, 0.3) is 0 Å². The first-order chi connectivity index (χ1) is 29.2. The SMILES string of the molecule is CCCCCCCCCCO[C@H]1Cc2c(OCc3ccccc3)cc(OCc3ccccc3)cc2O[C@@H]1c1ccc(OCc2ccccc2)c(OCc2ccccc2)c1. The molecule has 1 aliphatic heterocycles. The van der Waals surface area contributed by atoms with Crippen molar-refractivity contribution in [2.24, 2.45) is 0 Å². The van der Waals surface area contributed by atoms with Gasteiger partial charge in [0.1, 0.15) is 49.8 Å². The largest absolute Gasteiger partial charge is 0.489 e. The van der Waals surface area contributed by atoms with E-state index in [0.717, 1.165) is 57.7 Å². The average molecular weight is 791 g/mol. The van der Waals surface area contributed by atoms with Gasteiger partial charge in [0.25, 0.3) is 0 Å². The van der Waals surface area contributed by atoms with Crippen molar-refractivity contribution in [1.82, 2.24) is 0 Å². The van der Waals surface area contributed by atoms with E-state index in [0.29, 0.717) is 56.7 Å². The lowest BCUT2D eigenvalue weighted by atomic mass is 9.93. The lowest BCUT2D eigenvalue weighted by Crippen LogP contribution is -2.33. The summed E-state index contributed by atoms with van der Waals surface area (Å²) in [5, 5.41) is 0. The maximum Gasteiger partial charge on any atom is 0.162 e. The van der Waals surface area contributed by atoms with E-state index in [-0.39, 0.29) is 6.10 Å². The molecule has 0 saturated carbocycles. The Balaban J connectivity index is 1.17. The van der Waals surface area contributed by atoms with Gasteiger partial charge in [0.05, 0.1) is 0 Å². The molecule has 306 valence electrons. The Labute approximate surface area is 351 Å². The molecule has 0 N–H and O–H groups in total. The molecule has 1 aliphatic rings. The molecule has 0 saturated heterocycles. The molecule has 1 heterocycles. The predicted molar refractivity (Wildman–Crippen MR) is 235 cm³/mol. The fraction of sp³-hybridized carbons (Fsp3) is 0.321. The Bertz CT molecular complexity index is 2110. The van der Waals surface area contributed by atoms with E-state index < -0.39 is 6.10 Å². The lowest BCUT2D eigenvalue weighted by Gasteiger charge is -2.35. The highest BCUT2D eigenvalue weighted by Crippen LogP contribution is 2.45. The van der Waals surface area contributed by atoms with Gasteiger partial charge in [-0.05, 0) is 46.4 Å². The van der Waals surface area contributed by atoms with Gasteiger partial charge >= 0.3 is 0 Å². The summed E-state index contributed by atoms with van der Waals surface area (Å²) in [5.74, 6) is 3.49. The molecule has 6 heteroatoms. The molecular formula is C53H58O6. The van der Waals surface area contributed by atoms with E-state index in [1.54, 1.807) is 0 Å². The minimum Gasteiger partial charge on any atom is -0.489 e. The van der Waals surface area contributed by atoms with Crippen molar-refractivity contribution >= 4 is 0 Å². The van der Waals surface area contributed by atoms with Gasteiger partial charge in [-0.1, -0.05) is 179 Å². The normalized spacial score (nSPS) is 14.5. The van der Waals surface area contributed by atoms with E-state index in [2.05, 4.69) is 67.6 Å². The summed E-state index contributed by atoms with van der Waals surface area (Å²) in [6, 6.07) is 51.0. The van der Waals surface area contributed by atoms with Gasteiger partial charge in [-0.15, -0.1) is 0 Å². The number of benzene rings is 6. The van der Waals surface area contributed by atoms with Crippen LogP contribution < -0.4 is 23.7 Å². The quantitative estimate of drug-likeness (QED) is 0.0603. The Morgan fingerprint density at radius 2 is 0.966 bits per heavy atom. The average Bonchev–Trinajstić information content (AvgIpc) is 3.29. The van der Waals surface area contributed by atoms with Crippen molar-refractivity contribution in [3.8, 4) is 28.7 Å². The maximum absolute atomic E-state index is 7.05. The zero-order valence-corrected chi connectivity index (χ0v) is 34.4. The molecule has 59 heavy (non-hydrogen) atoms. The highest BCUT2D eigenvalue weighted by atomic mass is 16.5. The number of unbranched alkanes of at least 4 members (excludes halogenated alkanes) is 7. The van der Waals surface area contributed by atoms with Gasteiger partial charge < -0.3 is 28.4 Å². The molecule has 6 nitrogen and oxygen atoms in total. The van der Waals surface area contributed by atoms with Gasteiger partial charge in [-0.2, -0.15) is 0 Å². The molecule has 0 aliphatic carbocycles. The number of hydrogen-bond donors (Lipinski definition) is 0. The number of hydrogen-bond acceptors (Lipinski definition) is 6. The third kappa shape index (κ3) is 12.6. The second-order valence-electron chi connectivity index (χ2n) is 15.3. The summed E-state index contributed by atoms with van der Waals surface area (Å²) in [6.07, 6.45) is 9.85. The van der Waals surface area contributed by atoms with Crippen molar-refractivity contribution in [2.75, 3.05) is 6.61 Å². The Morgan fingerprint density at radius 3 is 1.53 bits per heavy atom. The Kier molecular flexibility index (Phi) is 15.8. The first kappa shape index (κ1) is 41.4. The van der Waals surface area contributed by atoms with Crippen LogP contribution in [0.3, 0.4) is 0 Å². The minimum absolute atomic E-state index is 0.264. The zero-order valence-electron chi connectivity index (χ0n) is 34.4. The van der Waals surface area contributed by atoms with E-state index in [4.69, 9.17) is 28.4 Å². The highest BCUT2D eigenvalue weighted by Gasteiger charge is 2.35. The van der Waals surface area contributed by atoms with Gasteiger partial charge in [0.15, 0.2) is 17.6 Å². The van der Waals surface area contributed by atoms with Crippen LogP contribution in [0.15, 0.2) is 152 Å². The van der Waals surface area contributed by atoms with Crippen LogP contribution in [0.2, 0.25) is 0 Å². The third-order valence-corrected chi connectivity index (χ3v) is 10.7. The summed E-state index contributed by atoms with van der Waals surface area (Å²) >= 11 is 0. The zero-order chi connectivity index (χ0) is 40.3. The minimum atomic E-state index is -0.412. The molecule has 6 aromatic carbocycles. The molecule has 6 aromatic rings. The molecular weight excluding hydrogens is 733 g/mol. The molecule has 0 spiro atoms. The van der Waals surface area contributed by atoms with Crippen molar-refractivity contribution in [3.63, 3.8) is 0 Å². The molecule has 2 atom stereocenters. The molecule has 7 rings (SSSR count). The summed E-state index contributed by atoms with van der Waals surface area (Å²) < 4.78 is 39.8. The molecule has 0 radical (unpaired) electrons. The number of fused-ring (bicyclic) bond motifs is 1. The van der Waals surface area contributed by atoms with Crippen molar-refractivity contribution < 1.29 is 28.4 Å². The van der Waals surface area contributed by atoms with Crippen molar-refractivity contribution in [1.29, 1.82) is 0 Å². The van der Waals surface area contributed by atoms with Gasteiger partial charge in [0, 0.05) is 30.7 Å². The van der Waals surface area contributed by atoms with Crippen molar-refractivity contribution in [2.45, 2.75) is 103 Å². The topological polar surface area (TPSA) is 55.4 Å². The summed E-state index contributed by atoms with van der Waals surface area (Å²) in [6.45, 7) is 4.61. The first-order valence-electron chi connectivity index (χ1n) is 21.5. The van der Waals surface area contributed by atoms with Crippen LogP contribution in [0, 0.1) is 0 Å². The summed E-state index contributed by atoms with van der Waals surface area (Å²) in [5.41, 5.74) is 6.27. The standard InChI is InChI=1S/C53H58O6/c1-2-3-4-5-6-7-8-21-32-54-52-36-47-49(57-39-43-26-17-11-18-27-43)34-46(55-37-41-22-13-9-14-23-41)35-50(47)59-53(52)45-30-31-48(56-38-42-24-15-10-16-25-42)51(33-45)58-40-44-28-19-12-20-29-44/h9-20,22-31,33-35,52-53H,2-8,21,32,36-40H2,1H3/t52-,53+/m0/s1. The molecule has 0 unspecified atom stereocenters. The van der Waals surface area contributed by atoms with E-state index in [1.807, 2.05) is 91.0 Å². The molecule has 0 bridgehead atoms. The molecule has 0 aromatic heterocycles. The highest BCUT2D eigenvalue weighted by molar-refractivity contribution is 5.53. The van der Waals surface area contributed by atoms with Crippen LogP contribution in [0.1, 0.15) is 97.8 Å². The van der Waals surface area contributed by atoms with Crippen LogP contribution in [0.5, 0.6) is 28.7 Å². The Hall–Kier alpha value is -5.72. The maximum atomic E-state index is 7.05. The fourth-order valence-electron chi connectivity index (χ4n) is 7.42. The monoisotopic (exact) mass is 790 g/mol. The third-order valence-electron chi connectivity index (χ3n) is 10.7. The Morgan fingerprint density at radius 1 is 0.475 bits per heavy atom. The smallest absolute Gasteiger partial charge is 0.162 e. The summed E-state index contributed by atoms with van der Waals surface area (Å²) in [4.78, 5) is 0. The second kappa shape index (κ2) is 22.4. The van der Waals surface area contributed by atoms with Crippen LogP contribution in [-0.4, -0.2) is 12.7 Å². The molecule has 0 amide bonds. The van der Waals surface area contributed by atoms with E-state index in [9.17, 15) is 0 Å². The van der Waals surface area contributed by atoms with Gasteiger partial charge in [0.2, 0.25) is 0 Å². The lowest BCUT2D eigenvalue weighted by molar-refractivity contribution is -0.0395. The van der Waals surface area contributed by atoms with Gasteiger partial charge in [-0.25, -0.2) is 0 Å². The van der Waals surface area contributed by atoms with Crippen LogP contribution >= 0.6 is 0 Å². The van der Waals surface area contributed by atoms with Crippen LogP contribution in [0.4, 0.5) is 0 Å².